The molecule has 0 aromatic carbocycles. The highest BCUT2D eigenvalue weighted by Gasteiger charge is 2.25. The van der Waals surface area contributed by atoms with Crippen LogP contribution >= 0.6 is 0 Å². The van der Waals surface area contributed by atoms with Crippen LogP contribution in [0.25, 0.3) is 0 Å². The average molecular weight is 352 g/mol. The van der Waals surface area contributed by atoms with Gasteiger partial charge in [-0.05, 0) is 31.8 Å². The lowest BCUT2D eigenvalue weighted by atomic mass is 9.95. The zero-order chi connectivity index (χ0) is 18.4. The summed E-state index contributed by atoms with van der Waals surface area (Å²) in [4.78, 5) is 31.0. The Morgan fingerprint density at radius 2 is 1.12 bits per heavy atom. The van der Waals surface area contributed by atoms with Gasteiger partial charge in [0, 0.05) is 44.6 Å². The van der Waals surface area contributed by atoms with Crippen LogP contribution in [-0.4, -0.2) is 85.2 Å². The molecule has 144 valence electrons. The molecular weight excluding hydrogens is 314 g/mol. The molecule has 0 amide bonds. The molecule has 2 aliphatic heterocycles. The van der Waals surface area contributed by atoms with E-state index in [0.29, 0.717) is 24.7 Å². The van der Waals surface area contributed by atoms with Crippen molar-refractivity contribution >= 4 is 11.6 Å². The normalized spacial score (nSPS) is 22.0. The predicted octanol–water partition coefficient (Wildman–Crippen LogP) is 1.77. The van der Waals surface area contributed by atoms with E-state index < -0.39 is 0 Å². The Morgan fingerprint density at radius 3 is 1.56 bits per heavy atom. The van der Waals surface area contributed by atoms with Gasteiger partial charge in [-0.15, -0.1) is 0 Å². The SMILES string of the molecule is CC(C)C(=O)CN1CCC(CN2CCN(CC(=O)C(C)C)CC2)CC1. The number of piperazine rings is 1. The molecule has 0 radical (unpaired) electrons. The van der Waals surface area contributed by atoms with Crippen LogP contribution in [0.2, 0.25) is 0 Å². The maximum atomic E-state index is 11.9. The van der Waals surface area contributed by atoms with Crippen LogP contribution in [0, 0.1) is 17.8 Å². The van der Waals surface area contributed by atoms with Crippen LogP contribution in [0.15, 0.2) is 0 Å². The zero-order valence-electron chi connectivity index (χ0n) is 16.7. The molecule has 0 N–H and O–H groups in total. The molecular formula is C20H37N3O2. The molecule has 25 heavy (non-hydrogen) atoms. The van der Waals surface area contributed by atoms with E-state index in [1.165, 1.54) is 19.4 Å². The summed E-state index contributed by atoms with van der Waals surface area (Å²) in [5, 5.41) is 0. The van der Waals surface area contributed by atoms with Gasteiger partial charge in [0.15, 0.2) is 0 Å². The van der Waals surface area contributed by atoms with Gasteiger partial charge >= 0.3 is 0 Å². The monoisotopic (exact) mass is 351 g/mol. The highest BCUT2D eigenvalue weighted by atomic mass is 16.1. The smallest absolute Gasteiger partial charge is 0.149 e. The van der Waals surface area contributed by atoms with Gasteiger partial charge in [0.05, 0.1) is 13.1 Å². The van der Waals surface area contributed by atoms with Crippen molar-refractivity contribution in [1.82, 2.24) is 14.7 Å². The lowest BCUT2D eigenvalue weighted by molar-refractivity contribution is -0.124. The first-order chi connectivity index (χ1) is 11.8. The fraction of sp³-hybridized carbons (Fsp3) is 0.900. The van der Waals surface area contributed by atoms with Crippen molar-refractivity contribution in [3.63, 3.8) is 0 Å². The van der Waals surface area contributed by atoms with Crippen molar-refractivity contribution in [3.8, 4) is 0 Å². The highest BCUT2D eigenvalue weighted by Crippen LogP contribution is 2.19. The Bertz CT molecular complexity index is 394. The number of ketones is 2. The number of carbonyl (C=O) groups is 2. The molecule has 2 saturated heterocycles. The summed E-state index contributed by atoms with van der Waals surface area (Å²) < 4.78 is 0. The number of piperidine rings is 1. The average Bonchev–Trinajstić information content (AvgIpc) is 2.58. The maximum absolute atomic E-state index is 11.9. The largest absolute Gasteiger partial charge is 0.301 e. The fourth-order valence-corrected chi connectivity index (χ4v) is 3.63. The Labute approximate surface area is 153 Å². The summed E-state index contributed by atoms with van der Waals surface area (Å²) in [6.07, 6.45) is 2.41. The summed E-state index contributed by atoms with van der Waals surface area (Å²) in [5.41, 5.74) is 0. The number of rotatable bonds is 8. The molecule has 0 bridgehead atoms. The molecule has 0 spiro atoms. The van der Waals surface area contributed by atoms with Crippen molar-refractivity contribution in [3.05, 3.63) is 0 Å². The van der Waals surface area contributed by atoms with E-state index in [1.807, 2.05) is 27.7 Å². The standard InChI is InChI=1S/C20H37N3O2/c1-16(2)19(24)14-21-7-5-18(6-8-21)13-22-9-11-23(12-10-22)15-20(25)17(3)4/h16-18H,5-15H2,1-4H3. The zero-order valence-corrected chi connectivity index (χ0v) is 16.7. The predicted molar refractivity (Wildman–Crippen MR) is 102 cm³/mol. The molecule has 2 rings (SSSR count). The maximum Gasteiger partial charge on any atom is 0.149 e. The second kappa shape index (κ2) is 9.79. The summed E-state index contributed by atoms with van der Waals surface area (Å²) in [7, 11) is 0. The van der Waals surface area contributed by atoms with E-state index in [0.717, 1.165) is 45.2 Å². The minimum absolute atomic E-state index is 0.144. The first-order valence-electron chi connectivity index (χ1n) is 10.1. The van der Waals surface area contributed by atoms with Gasteiger partial charge in [-0.2, -0.15) is 0 Å². The number of hydrogen-bond donors (Lipinski definition) is 0. The van der Waals surface area contributed by atoms with E-state index in [9.17, 15) is 9.59 Å². The van der Waals surface area contributed by atoms with E-state index in [4.69, 9.17) is 0 Å². The molecule has 0 saturated carbocycles. The topological polar surface area (TPSA) is 43.9 Å². The third kappa shape index (κ3) is 6.80. The minimum Gasteiger partial charge on any atom is -0.301 e. The van der Waals surface area contributed by atoms with E-state index in [-0.39, 0.29) is 11.8 Å². The van der Waals surface area contributed by atoms with Crippen molar-refractivity contribution in [1.29, 1.82) is 0 Å². The number of hydrogen-bond acceptors (Lipinski definition) is 5. The Hall–Kier alpha value is -0.780. The van der Waals surface area contributed by atoms with E-state index in [1.54, 1.807) is 0 Å². The van der Waals surface area contributed by atoms with E-state index >= 15 is 0 Å². The Morgan fingerprint density at radius 1 is 0.720 bits per heavy atom. The lowest BCUT2D eigenvalue weighted by Crippen LogP contribution is -2.50. The van der Waals surface area contributed by atoms with Gasteiger partial charge in [0.25, 0.3) is 0 Å². The molecule has 2 heterocycles. The quantitative estimate of drug-likeness (QED) is 0.667. The van der Waals surface area contributed by atoms with E-state index in [2.05, 4.69) is 14.7 Å². The summed E-state index contributed by atoms with van der Waals surface area (Å²) in [6.45, 7) is 16.7. The number of likely N-dealkylation sites (tertiary alicyclic amines) is 1. The minimum atomic E-state index is 0.144. The highest BCUT2D eigenvalue weighted by molar-refractivity contribution is 5.82. The van der Waals surface area contributed by atoms with Crippen molar-refractivity contribution in [2.24, 2.45) is 17.8 Å². The van der Waals surface area contributed by atoms with Gasteiger partial charge < -0.3 is 4.90 Å². The third-order valence-electron chi connectivity index (χ3n) is 5.74. The van der Waals surface area contributed by atoms with Crippen LogP contribution < -0.4 is 0 Å². The molecule has 5 heteroatoms. The van der Waals surface area contributed by atoms with Crippen molar-refractivity contribution in [2.45, 2.75) is 40.5 Å². The Balaban J connectivity index is 1.63. The van der Waals surface area contributed by atoms with Gasteiger partial charge in [0.1, 0.15) is 11.6 Å². The molecule has 5 nitrogen and oxygen atoms in total. The summed E-state index contributed by atoms with van der Waals surface area (Å²) in [5.74, 6) is 1.78. The van der Waals surface area contributed by atoms with Crippen LogP contribution in [0.5, 0.6) is 0 Å². The third-order valence-corrected chi connectivity index (χ3v) is 5.74. The van der Waals surface area contributed by atoms with Crippen LogP contribution in [0.1, 0.15) is 40.5 Å². The molecule has 0 aromatic rings. The first kappa shape index (κ1) is 20.5. The molecule has 0 unspecified atom stereocenters. The van der Waals surface area contributed by atoms with Crippen LogP contribution in [-0.2, 0) is 9.59 Å². The second-order valence-corrected chi connectivity index (χ2v) is 8.54. The van der Waals surface area contributed by atoms with Crippen LogP contribution in [0.3, 0.4) is 0 Å². The van der Waals surface area contributed by atoms with Crippen molar-refractivity contribution in [2.75, 3.05) is 58.9 Å². The molecule has 0 aromatic heterocycles. The molecule has 2 aliphatic rings. The first-order valence-corrected chi connectivity index (χ1v) is 10.1. The summed E-state index contributed by atoms with van der Waals surface area (Å²) >= 11 is 0. The molecule has 0 aliphatic carbocycles. The number of Topliss-reactive ketones (excluding diaryl/α,β-unsaturated/α-hetero) is 2. The Kier molecular flexibility index (Phi) is 8.04. The van der Waals surface area contributed by atoms with Crippen LogP contribution in [0.4, 0.5) is 0 Å². The van der Waals surface area contributed by atoms with Gasteiger partial charge in [-0.1, -0.05) is 27.7 Å². The summed E-state index contributed by atoms with van der Waals surface area (Å²) in [6, 6.07) is 0. The number of carbonyl (C=O) groups excluding carboxylic acids is 2. The number of nitrogens with zero attached hydrogens (tertiary/aromatic N) is 3. The second-order valence-electron chi connectivity index (χ2n) is 8.54. The lowest BCUT2D eigenvalue weighted by Gasteiger charge is -2.38. The van der Waals surface area contributed by atoms with Gasteiger partial charge in [-0.3, -0.25) is 19.4 Å². The molecule has 0 atom stereocenters. The van der Waals surface area contributed by atoms with Gasteiger partial charge in [0.2, 0.25) is 0 Å². The molecule has 2 fully saturated rings. The van der Waals surface area contributed by atoms with Gasteiger partial charge in [-0.25, -0.2) is 0 Å². The fourth-order valence-electron chi connectivity index (χ4n) is 3.63. The van der Waals surface area contributed by atoms with Crippen molar-refractivity contribution < 1.29 is 9.59 Å².